The third-order valence-corrected chi connectivity index (χ3v) is 3.13. The number of amides is 1. The van der Waals surface area contributed by atoms with Crippen LogP contribution >= 0.6 is 0 Å². The van der Waals surface area contributed by atoms with Gasteiger partial charge in [-0.2, -0.15) is 10.5 Å². The first-order valence-corrected chi connectivity index (χ1v) is 7.18. The predicted molar refractivity (Wildman–Crippen MR) is 90.0 cm³/mol. The maximum Gasteiger partial charge on any atom is 0.257 e. The first-order valence-electron chi connectivity index (χ1n) is 7.18. The number of H-pyrrole nitrogens is 1. The average molecular weight is 332 g/mol. The molecule has 25 heavy (non-hydrogen) atoms. The van der Waals surface area contributed by atoms with Crippen LogP contribution in [0.25, 0.3) is 5.57 Å². The molecule has 3 N–H and O–H groups in total. The van der Waals surface area contributed by atoms with Crippen LogP contribution in [0, 0.1) is 11.3 Å². The number of anilines is 2. The monoisotopic (exact) mass is 332 g/mol. The zero-order valence-corrected chi connectivity index (χ0v) is 12.8. The molecule has 0 aliphatic heterocycles. The van der Waals surface area contributed by atoms with E-state index >= 15 is 0 Å². The largest absolute Gasteiger partial charge is 0.360 e. The van der Waals surface area contributed by atoms with E-state index in [1.807, 2.05) is 6.07 Å². The molecule has 0 aliphatic rings. The van der Waals surface area contributed by atoms with Gasteiger partial charge in [0.05, 0.1) is 5.56 Å². The van der Waals surface area contributed by atoms with Crippen molar-refractivity contribution in [2.24, 2.45) is 0 Å². The van der Waals surface area contributed by atoms with E-state index in [0.29, 0.717) is 16.9 Å². The van der Waals surface area contributed by atoms with Crippen molar-refractivity contribution in [3.8, 4) is 6.07 Å². The minimum absolute atomic E-state index is 0.191. The highest BCUT2D eigenvalue weighted by Crippen LogP contribution is 2.17. The van der Waals surface area contributed by atoms with Crippen molar-refractivity contribution in [1.82, 2.24) is 25.6 Å². The van der Waals surface area contributed by atoms with Crippen LogP contribution in [0.4, 0.5) is 11.4 Å². The molecular weight excluding hydrogens is 320 g/mol. The number of rotatable bonds is 5. The number of benzene rings is 1. The van der Waals surface area contributed by atoms with Crippen LogP contribution in [-0.2, 0) is 0 Å². The second kappa shape index (κ2) is 7.47. The Kier molecular flexibility index (Phi) is 4.73. The second-order valence-corrected chi connectivity index (χ2v) is 4.83. The fourth-order valence-electron chi connectivity index (χ4n) is 1.97. The highest BCUT2D eigenvalue weighted by atomic mass is 16.1. The second-order valence-electron chi connectivity index (χ2n) is 4.83. The number of pyridine rings is 1. The zero-order valence-electron chi connectivity index (χ0n) is 12.8. The van der Waals surface area contributed by atoms with Gasteiger partial charge in [0.2, 0.25) is 5.82 Å². The summed E-state index contributed by atoms with van der Waals surface area (Å²) in [5.74, 6) is -0.0682. The van der Waals surface area contributed by atoms with Crippen LogP contribution in [0.15, 0.2) is 55.0 Å². The SMILES string of the molecule is N#CC(=CNc1cccc(NC(=O)c2cccnc2)c1)c1nn[nH]n1. The Bertz CT molecular complexity index is 928. The van der Waals surface area contributed by atoms with Gasteiger partial charge < -0.3 is 10.6 Å². The summed E-state index contributed by atoms with van der Waals surface area (Å²) < 4.78 is 0. The van der Waals surface area contributed by atoms with E-state index in [1.165, 1.54) is 12.4 Å². The standard InChI is InChI=1S/C16H12N8O/c17-8-12(15-21-23-24-22-15)10-19-13-4-1-5-14(7-13)20-16(25)11-3-2-6-18-9-11/h1-7,9-10,19H,(H,20,25)(H,21,22,23,24). The number of nitrogens with zero attached hydrogens (tertiary/aromatic N) is 5. The van der Waals surface area contributed by atoms with Gasteiger partial charge in [-0.05, 0) is 35.5 Å². The van der Waals surface area contributed by atoms with Gasteiger partial charge in [-0.1, -0.05) is 6.07 Å². The first-order chi connectivity index (χ1) is 12.3. The summed E-state index contributed by atoms with van der Waals surface area (Å²) in [7, 11) is 0. The molecule has 0 fully saturated rings. The molecule has 2 aromatic heterocycles. The topological polar surface area (TPSA) is 132 Å². The zero-order chi connectivity index (χ0) is 17.5. The molecule has 0 unspecified atom stereocenters. The molecule has 9 nitrogen and oxygen atoms in total. The van der Waals surface area contributed by atoms with Gasteiger partial charge in [0.1, 0.15) is 11.6 Å². The smallest absolute Gasteiger partial charge is 0.257 e. The van der Waals surface area contributed by atoms with E-state index in [-0.39, 0.29) is 17.3 Å². The molecule has 0 saturated carbocycles. The number of nitriles is 1. The Morgan fingerprint density at radius 2 is 2.12 bits per heavy atom. The van der Waals surface area contributed by atoms with Crippen molar-refractivity contribution < 1.29 is 4.79 Å². The van der Waals surface area contributed by atoms with Crippen molar-refractivity contribution in [3.63, 3.8) is 0 Å². The Balaban J connectivity index is 1.72. The molecule has 1 amide bonds. The third-order valence-electron chi connectivity index (χ3n) is 3.13. The summed E-state index contributed by atoms with van der Waals surface area (Å²) in [5.41, 5.74) is 1.97. The van der Waals surface area contributed by atoms with Gasteiger partial charge >= 0.3 is 0 Å². The van der Waals surface area contributed by atoms with Gasteiger partial charge in [0.25, 0.3) is 5.91 Å². The predicted octanol–water partition coefficient (Wildman–Crippen LogP) is 1.82. The molecule has 2 heterocycles. The summed E-state index contributed by atoms with van der Waals surface area (Å²) in [6, 6.07) is 12.4. The number of carbonyl (C=O) groups is 1. The molecule has 0 atom stereocenters. The highest BCUT2D eigenvalue weighted by molar-refractivity contribution is 6.04. The normalized spacial score (nSPS) is 10.8. The van der Waals surface area contributed by atoms with E-state index in [0.717, 1.165) is 0 Å². The Morgan fingerprint density at radius 1 is 1.24 bits per heavy atom. The Labute approximate surface area is 142 Å². The lowest BCUT2D eigenvalue weighted by Crippen LogP contribution is -2.12. The molecule has 3 aromatic rings. The van der Waals surface area contributed by atoms with Gasteiger partial charge in [-0.3, -0.25) is 9.78 Å². The molecule has 3 rings (SSSR count). The summed E-state index contributed by atoms with van der Waals surface area (Å²) in [6.45, 7) is 0. The molecule has 0 bridgehead atoms. The lowest BCUT2D eigenvalue weighted by Gasteiger charge is -2.07. The molecular formula is C16H12N8O. The number of hydrogen-bond acceptors (Lipinski definition) is 7. The molecule has 0 saturated heterocycles. The van der Waals surface area contributed by atoms with Crippen molar-refractivity contribution in [1.29, 1.82) is 5.26 Å². The summed E-state index contributed by atoms with van der Waals surface area (Å²) in [4.78, 5) is 16.1. The molecule has 0 spiro atoms. The summed E-state index contributed by atoms with van der Waals surface area (Å²) >= 11 is 0. The van der Waals surface area contributed by atoms with Crippen molar-refractivity contribution in [2.45, 2.75) is 0 Å². The van der Waals surface area contributed by atoms with Gasteiger partial charge in [0, 0.05) is 30.0 Å². The number of nitrogens with one attached hydrogen (secondary N) is 3. The van der Waals surface area contributed by atoms with E-state index in [9.17, 15) is 4.79 Å². The number of hydrogen-bond donors (Lipinski definition) is 3. The van der Waals surface area contributed by atoms with Crippen LogP contribution < -0.4 is 10.6 Å². The van der Waals surface area contributed by atoms with Crippen LogP contribution in [0.1, 0.15) is 16.2 Å². The van der Waals surface area contributed by atoms with Gasteiger partial charge in [-0.25, -0.2) is 0 Å². The highest BCUT2D eigenvalue weighted by Gasteiger charge is 2.07. The van der Waals surface area contributed by atoms with E-state index in [1.54, 1.807) is 42.6 Å². The Morgan fingerprint density at radius 3 is 2.84 bits per heavy atom. The number of allylic oxidation sites excluding steroid dienone is 1. The Hall–Kier alpha value is -4.06. The lowest BCUT2D eigenvalue weighted by molar-refractivity contribution is 0.102. The third kappa shape index (κ3) is 4.02. The fraction of sp³-hybridized carbons (Fsp3) is 0. The molecule has 9 heteroatoms. The van der Waals surface area contributed by atoms with Crippen LogP contribution in [0.2, 0.25) is 0 Å². The summed E-state index contributed by atoms with van der Waals surface area (Å²) in [5, 5.41) is 28.1. The number of aromatic nitrogens is 5. The van der Waals surface area contributed by atoms with Crippen LogP contribution in [-0.4, -0.2) is 31.5 Å². The van der Waals surface area contributed by atoms with E-state index in [4.69, 9.17) is 5.26 Å². The van der Waals surface area contributed by atoms with Crippen molar-refractivity contribution in [2.75, 3.05) is 10.6 Å². The quantitative estimate of drug-likeness (QED) is 0.607. The van der Waals surface area contributed by atoms with Gasteiger partial charge in [-0.15, -0.1) is 10.2 Å². The van der Waals surface area contributed by atoms with Crippen LogP contribution in [0.5, 0.6) is 0 Å². The lowest BCUT2D eigenvalue weighted by atomic mass is 10.2. The van der Waals surface area contributed by atoms with Gasteiger partial charge in [0.15, 0.2) is 0 Å². The number of tetrazole rings is 1. The van der Waals surface area contributed by atoms with Crippen LogP contribution in [0.3, 0.4) is 0 Å². The summed E-state index contributed by atoms with van der Waals surface area (Å²) in [6.07, 6.45) is 4.56. The minimum atomic E-state index is -0.259. The molecule has 0 aliphatic carbocycles. The first kappa shape index (κ1) is 15.8. The maximum atomic E-state index is 12.1. The number of aromatic amines is 1. The molecule has 1 aromatic carbocycles. The average Bonchev–Trinajstić information content (AvgIpc) is 3.18. The van der Waals surface area contributed by atoms with E-state index < -0.39 is 0 Å². The van der Waals surface area contributed by atoms with Crippen molar-refractivity contribution >= 4 is 22.9 Å². The fourth-order valence-corrected chi connectivity index (χ4v) is 1.97. The van der Waals surface area contributed by atoms with Crippen molar-refractivity contribution in [3.05, 3.63) is 66.4 Å². The maximum absolute atomic E-state index is 12.1. The van der Waals surface area contributed by atoms with E-state index in [2.05, 4.69) is 36.2 Å². The molecule has 122 valence electrons. The number of carbonyl (C=O) groups excluding carboxylic acids is 1. The molecule has 0 radical (unpaired) electrons. The minimum Gasteiger partial charge on any atom is -0.360 e.